The Morgan fingerprint density at radius 3 is 2.31 bits per heavy atom. The first kappa shape index (κ1) is 20.1. The van der Waals surface area contributed by atoms with Crippen LogP contribution in [0.5, 0.6) is 0 Å². The first-order valence-electron chi connectivity index (χ1n) is 7.22. The number of alkyl halides is 3. The molecule has 2 aromatic carbocycles. The number of carbonyl (C=O) groups excluding carboxylic acids is 2. The molecule has 138 valence electrons. The van der Waals surface area contributed by atoms with Gasteiger partial charge in [0.15, 0.2) is 6.61 Å². The molecule has 2 rings (SSSR count). The van der Waals surface area contributed by atoms with Crippen LogP contribution in [0.3, 0.4) is 0 Å². The zero-order valence-corrected chi connectivity index (χ0v) is 14.6. The number of carbonyl (C=O) groups is 2. The van der Waals surface area contributed by atoms with Gasteiger partial charge in [-0.05, 0) is 35.9 Å². The van der Waals surface area contributed by atoms with Gasteiger partial charge in [-0.2, -0.15) is 13.2 Å². The van der Waals surface area contributed by atoms with Gasteiger partial charge in [0, 0.05) is 5.02 Å². The largest absolute Gasteiger partial charge is 0.455 e. The fraction of sp³-hybridized carbons (Fsp3) is 0.176. The van der Waals surface area contributed by atoms with Gasteiger partial charge in [0.05, 0.1) is 22.7 Å². The molecule has 0 aromatic heterocycles. The fourth-order valence-corrected chi connectivity index (χ4v) is 2.24. The van der Waals surface area contributed by atoms with Crippen LogP contribution in [0.1, 0.15) is 11.1 Å². The van der Waals surface area contributed by atoms with Crippen molar-refractivity contribution in [1.29, 1.82) is 0 Å². The molecule has 0 bridgehead atoms. The first-order valence-corrected chi connectivity index (χ1v) is 7.97. The van der Waals surface area contributed by atoms with E-state index < -0.39 is 30.2 Å². The lowest BCUT2D eigenvalue weighted by molar-refractivity contribution is -0.146. The van der Waals surface area contributed by atoms with E-state index in [1.54, 1.807) is 24.3 Å². The van der Waals surface area contributed by atoms with E-state index in [9.17, 15) is 22.8 Å². The monoisotopic (exact) mass is 405 g/mol. The van der Waals surface area contributed by atoms with Crippen molar-refractivity contribution in [2.24, 2.45) is 0 Å². The molecule has 1 amide bonds. The summed E-state index contributed by atoms with van der Waals surface area (Å²) in [6.07, 6.45) is -4.65. The number of hydrogen-bond acceptors (Lipinski definition) is 3. The van der Waals surface area contributed by atoms with Gasteiger partial charge in [-0.25, -0.2) is 0 Å². The average Bonchev–Trinajstić information content (AvgIpc) is 2.56. The Kier molecular flexibility index (Phi) is 6.50. The molecule has 0 radical (unpaired) electrons. The predicted octanol–water partition coefficient (Wildman–Crippen LogP) is 4.74. The van der Waals surface area contributed by atoms with Gasteiger partial charge in [0.25, 0.3) is 5.91 Å². The van der Waals surface area contributed by atoms with Crippen molar-refractivity contribution in [1.82, 2.24) is 0 Å². The van der Waals surface area contributed by atoms with E-state index >= 15 is 0 Å². The first-order chi connectivity index (χ1) is 12.1. The van der Waals surface area contributed by atoms with Gasteiger partial charge in [-0.3, -0.25) is 9.59 Å². The van der Waals surface area contributed by atoms with E-state index in [-0.39, 0.29) is 17.1 Å². The van der Waals surface area contributed by atoms with Gasteiger partial charge in [-0.15, -0.1) is 0 Å². The average molecular weight is 406 g/mol. The van der Waals surface area contributed by atoms with Gasteiger partial charge < -0.3 is 10.1 Å². The van der Waals surface area contributed by atoms with E-state index in [4.69, 9.17) is 27.9 Å². The quantitative estimate of drug-likeness (QED) is 0.731. The molecule has 0 spiro atoms. The van der Waals surface area contributed by atoms with Crippen LogP contribution in [0.2, 0.25) is 10.0 Å². The zero-order valence-electron chi connectivity index (χ0n) is 13.1. The molecular weight excluding hydrogens is 394 g/mol. The molecule has 0 aliphatic carbocycles. The summed E-state index contributed by atoms with van der Waals surface area (Å²) in [6, 6.07) is 8.99. The summed E-state index contributed by atoms with van der Waals surface area (Å²) in [5.41, 5.74) is -0.544. The topological polar surface area (TPSA) is 55.4 Å². The van der Waals surface area contributed by atoms with Crippen LogP contribution in [-0.4, -0.2) is 18.5 Å². The number of halogens is 5. The third-order valence-electron chi connectivity index (χ3n) is 3.19. The Hall–Kier alpha value is -2.25. The van der Waals surface area contributed by atoms with E-state index in [0.29, 0.717) is 16.7 Å². The maximum atomic E-state index is 12.7. The predicted molar refractivity (Wildman–Crippen MR) is 91.2 cm³/mol. The lowest BCUT2D eigenvalue weighted by Gasteiger charge is -2.12. The number of nitrogens with one attached hydrogen (secondary N) is 1. The minimum absolute atomic E-state index is 0.0705. The molecule has 0 atom stereocenters. The number of ether oxygens (including phenoxy) is 1. The number of rotatable bonds is 5. The van der Waals surface area contributed by atoms with E-state index in [0.717, 1.165) is 12.1 Å². The van der Waals surface area contributed by atoms with Gasteiger partial charge in [0.1, 0.15) is 0 Å². The highest BCUT2D eigenvalue weighted by Crippen LogP contribution is 2.33. The van der Waals surface area contributed by atoms with Crippen molar-refractivity contribution >= 4 is 40.8 Å². The summed E-state index contributed by atoms with van der Waals surface area (Å²) in [5.74, 6) is -1.48. The highest BCUT2D eigenvalue weighted by atomic mass is 35.5. The molecule has 9 heteroatoms. The molecule has 0 aliphatic heterocycles. The summed E-state index contributed by atoms with van der Waals surface area (Å²) >= 11 is 11.5. The van der Waals surface area contributed by atoms with Crippen LogP contribution in [0.4, 0.5) is 18.9 Å². The lowest BCUT2D eigenvalue weighted by Crippen LogP contribution is -2.22. The molecule has 0 saturated carbocycles. The van der Waals surface area contributed by atoms with Gasteiger partial charge >= 0.3 is 12.1 Å². The number of amides is 1. The van der Waals surface area contributed by atoms with Crippen molar-refractivity contribution in [3.05, 3.63) is 63.6 Å². The van der Waals surface area contributed by atoms with Crippen LogP contribution in [0, 0.1) is 0 Å². The van der Waals surface area contributed by atoms with Gasteiger partial charge in [0.2, 0.25) is 0 Å². The van der Waals surface area contributed by atoms with Crippen molar-refractivity contribution < 1.29 is 27.5 Å². The Balaban J connectivity index is 1.90. The minimum Gasteiger partial charge on any atom is -0.455 e. The van der Waals surface area contributed by atoms with Crippen LogP contribution in [0.15, 0.2) is 42.5 Å². The Labute approximate surface area is 156 Å². The van der Waals surface area contributed by atoms with E-state index in [2.05, 4.69) is 5.32 Å². The number of anilines is 1. The van der Waals surface area contributed by atoms with Crippen molar-refractivity contribution in [2.75, 3.05) is 11.9 Å². The van der Waals surface area contributed by atoms with E-state index in [1.807, 2.05) is 0 Å². The highest BCUT2D eigenvalue weighted by Gasteiger charge is 2.31. The second kappa shape index (κ2) is 8.42. The van der Waals surface area contributed by atoms with Crippen molar-refractivity contribution in [3.63, 3.8) is 0 Å². The SMILES string of the molecule is O=C(COC(=O)Cc1ccc(Cl)cc1)Nc1cc(C(F)(F)F)ccc1Cl. The molecule has 4 nitrogen and oxygen atoms in total. The number of hydrogen-bond donors (Lipinski definition) is 1. The van der Waals surface area contributed by atoms with E-state index in [1.165, 1.54) is 0 Å². The molecule has 26 heavy (non-hydrogen) atoms. The molecule has 0 aliphatic rings. The fourth-order valence-electron chi connectivity index (χ4n) is 1.95. The van der Waals surface area contributed by atoms with Gasteiger partial charge in [-0.1, -0.05) is 35.3 Å². The highest BCUT2D eigenvalue weighted by molar-refractivity contribution is 6.33. The summed E-state index contributed by atoms with van der Waals surface area (Å²) in [7, 11) is 0. The zero-order chi connectivity index (χ0) is 19.3. The second-order valence-electron chi connectivity index (χ2n) is 5.20. The molecule has 2 aromatic rings. The second-order valence-corrected chi connectivity index (χ2v) is 6.05. The van der Waals surface area contributed by atoms with Crippen LogP contribution < -0.4 is 5.32 Å². The van der Waals surface area contributed by atoms with Crippen molar-refractivity contribution in [3.8, 4) is 0 Å². The standard InChI is InChI=1S/C17H12Cl2F3NO3/c18-12-4-1-10(2-5-12)7-16(25)26-9-15(24)23-14-8-11(17(20,21)22)3-6-13(14)19/h1-6,8H,7,9H2,(H,23,24). The maximum absolute atomic E-state index is 12.7. The Morgan fingerprint density at radius 1 is 1.04 bits per heavy atom. The molecular formula is C17H12Cl2F3NO3. The van der Waals surface area contributed by atoms with Crippen molar-refractivity contribution in [2.45, 2.75) is 12.6 Å². The van der Waals surface area contributed by atoms with Crippen LogP contribution in [-0.2, 0) is 26.9 Å². The smallest absolute Gasteiger partial charge is 0.416 e. The third kappa shape index (κ3) is 5.93. The maximum Gasteiger partial charge on any atom is 0.416 e. The third-order valence-corrected chi connectivity index (χ3v) is 3.78. The molecule has 0 saturated heterocycles. The number of esters is 1. The minimum atomic E-state index is -4.57. The summed E-state index contributed by atoms with van der Waals surface area (Å²) < 4.78 is 42.9. The van der Waals surface area contributed by atoms with Crippen LogP contribution >= 0.6 is 23.2 Å². The molecule has 0 fully saturated rings. The Morgan fingerprint density at radius 2 is 1.69 bits per heavy atom. The van der Waals surface area contributed by atoms with Crippen LogP contribution in [0.25, 0.3) is 0 Å². The summed E-state index contributed by atoms with van der Waals surface area (Å²) in [5, 5.41) is 2.63. The summed E-state index contributed by atoms with van der Waals surface area (Å²) in [6.45, 7) is -0.654. The lowest BCUT2D eigenvalue weighted by atomic mass is 10.1. The molecule has 0 heterocycles. The number of benzene rings is 2. The molecule has 1 N–H and O–H groups in total. The summed E-state index contributed by atoms with van der Waals surface area (Å²) in [4.78, 5) is 23.5. The molecule has 0 unspecified atom stereocenters. The normalized spacial score (nSPS) is 11.1. The Bertz CT molecular complexity index is 808.